The third-order valence-corrected chi connectivity index (χ3v) is 7.16. The van der Waals surface area contributed by atoms with Crippen molar-refractivity contribution in [3.05, 3.63) is 66.4 Å². The molecule has 40 heavy (non-hydrogen) atoms. The van der Waals surface area contributed by atoms with Crippen LogP contribution in [0.3, 0.4) is 0 Å². The Hall–Kier alpha value is -4.80. The number of piperidine rings is 1. The molecule has 2 bridgehead atoms. The molecule has 0 aromatic carbocycles. The SMILES string of the molecule is COc1ccc(C#CN2C3CC2CN(c2ccc(-c4cc(OCC(C)(C)O)cn5ncc(C#N)c45)cn2)C3)nc1. The molecule has 10 nitrogen and oxygen atoms in total. The first-order valence-corrected chi connectivity index (χ1v) is 13.1. The van der Waals surface area contributed by atoms with Crippen molar-refractivity contribution in [1.29, 1.82) is 5.26 Å². The molecule has 2 atom stereocenters. The third kappa shape index (κ3) is 4.97. The van der Waals surface area contributed by atoms with Crippen LogP contribution in [0.25, 0.3) is 16.6 Å². The van der Waals surface area contributed by atoms with Crippen LogP contribution in [0.5, 0.6) is 11.5 Å². The Bertz CT molecular complexity index is 1630. The van der Waals surface area contributed by atoms with Crippen LogP contribution >= 0.6 is 0 Å². The van der Waals surface area contributed by atoms with Gasteiger partial charge < -0.3 is 24.4 Å². The van der Waals surface area contributed by atoms with Crippen LogP contribution in [-0.2, 0) is 0 Å². The van der Waals surface area contributed by atoms with Gasteiger partial charge >= 0.3 is 0 Å². The Morgan fingerprint density at radius 2 is 1.90 bits per heavy atom. The highest BCUT2D eigenvalue weighted by atomic mass is 16.5. The van der Waals surface area contributed by atoms with E-state index in [0.717, 1.165) is 42.1 Å². The average Bonchev–Trinajstić information content (AvgIpc) is 3.39. The number of methoxy groups -OCH3 is 1. The van der Waals surface area contributed by atoms with Crippen LogP contribution in [-0.4, -0.2) is 74.1 Å². The molecule has 0 radical (unpaired) electrons. The van der Waals surface area contributed by atoms with Gasteiger partial charge in [0.15, 0.2) is 0 Å². The summed E-state index contributed by atoms with van der Waals surface area (Å²) in [6.45, 7) is 5.19. The number of ether oxygens (including phenoxy) is 2. The number of fused-ring (bicyclic) bond motifs is 3. The molecule has 0 saturated carbocycles. The molecule has 10 heteroatoms. The highest BCUT2D eigenvalue weighted by Crippen LogP contribution is 2.35. The minimum Gasteiger partial charge on any atom is -0.495 e. The first-order chi connectivity index (χ1) is 19.3. The summed E-state index contributed by atoms with van der Waals surface area (Å²) in [6, 6.07) is 15.8. The zero-order chi connectivity index (χ0) is 27.9. The van der Waals surface area contributed by atoms with Gasteiger partial charge in [-0.05, 0) is 56.5 Å². The number of nitrogens with zero attached hydrogens (tertiary/aromatic N) is 7. The van der Waals surface area contributed by atoms with Crippen molar-refractivity contribution >= 4 is 11.3 Å². The van der Waals surface area contributed by atoms with Crippen molar-refractivity contribution in [2.24, 2.45) is 0 Å². The number of pyridine rings is 3. The van der Waals surface area contributed by atoms with Crippen LogP contribution in [0.2, 0.25) is 0 Å². The maximum atomic E-state index is 10.1. The molecule has 3 aliphatic rings. The van der Waals surface area contributed by atoms with Gasteiger partial charge in [0.05, 0.1) is 54.5 Å². The standard InChI is InChI=1S/C30H29N7O3/c1-30(2,38)19-40-26-11-27(29-21(12-31)14-34-37(29)18-26)20-4-7-28(33-13-20)35-16-23-10-24(17-35)36(23)9-8-22-5-6-25(39-3)15-32-22/h4-7,11,13-15,18,23-24,38H,10,16-17,19H2,1-3H3. The first kappa shape index (κ1) is 25.5. The topological polar surface area (TPSA) is 112 Å². The molecule has 3 aliphatic heterocycles. The predicted molar refractivity (Wildman–Crippen MR) is 149 cm³/mol. The van der Waals surface area contributed by atoms with Crippen LogP contribution in [0.1, 0.15) is 31.5 Å². The molecule has 0 spiro atoms. The maximum absolute atomic E-state index is 10.1. The molecular weight excluding hydrogens is 506 g/mol. The minimum absolute atomic E-state index is 0.122. The van der Waals surface area contributed by atoms with Crippen LogP contribution in [0.4, 0.5) is 5.82 Å². The quantitative estimate of drug-likeness (QED) is 0.372. The normalized spacial score (nSPS) is 18.0. The van der Waals surface area contributed by atoms with E-state index in [4.69, 9.17) is 14.5 Å². The highest BCUT2D eigenvalue weighted by Gasteiger charge is 2.44. The summed E-state index contributed by atoms with van der Waals surface area (Å²) in [5.41, 5.74) is 2.53. The van der Waals surface area contributed by atoms with E-state index in [1.807, 2.05) is 36.5 Å². The monoisotopic (exact) mass is 535 g/mol. The second-order valence-electron chi connectivity index (χ2n) is 10.7. The number of nitriles is 1. The molecule has 1 N–H and O–H groups in total. The van der Waals surface area contributed by atoms with Gasteiger partial charge in [-0.1, -0.05) is 0 Å². The highest BCUT2D eigenvalue weighted by molar-refractivity contribution is 5.85. The summed E-state index contributed by atoms with van der Waals surface area (Å²) in [5, 5.41) is 24.1. The fraction of sp³-hybridized carbons (Fsp3) is 0.333. The lowest BCUT2D eigenvalue weighted by Gasteiger charge is -2.54. The molecule has 202 valence electrons. The molecule has 7 rings (SSSR count). The molecule has 4 aromatic rings. The number of piperazine rings is 1. The summed E-state index contributed by atoms with van der Waals surface area (Å²) >= 11 is 0. The lowest BCUT2D eigenvalue weighted by molar-refractivity contribution is 0.0283. The van der Waals surface area contributed by atoms with Gasteiger partial charge in [-0.25, -0.2) is 14.5 Å². The van der Waals surface area contributed by atoms with Crippen LogP contribution in [0.15, 0.2) is 55.1 Å². The van der Waals surface area contributed by atoms with E-state index in [1.54, 1.807) is 44.1 Å². The molecule has 3 fully saturated rings. The molecule has 2 unspecified atom stereocenters. The predicted octanol–water partition coefficient (Wildman–Crippen LogP) is 3.09. The number of hydrogen-bond donors (Lipinski definition) is 1. The van der Waals surface area contributed by atoms with Crippen molar-refractivity contribution in [2.75, 3.05) is 31.7 Å². The number of rotatable bonds is 6. The van der Waals surface area contributed by atoms with Gasteiger partial charge in [0, 0.05) is 36.5 Å². The van der Waals surface area contributed by atoms with Crippen molar-refractivity contribution < 1.29 is 14.6 Å². The molecule has 0 amide bonds. The molecule has 0 aliphatic carbocycles. The largest absolute Gasteiger partial charge is 0.495 e. The molecule has 3 saturated heterocycles. The van der Waals surface area contributed by atoms with Gasteiger partial charge in [-0.15, -0.1) is 0 Å². The Labute approximate surface area is 232 Å². The number of aromatic nitrogens is 4. The molecular formula is C30H29N7O3. The Morgan fingerprint density at radius 1 is 1.07 bits per heavy atom. The van der Waals surface area contributed by atoms with Gasteiger partial charge in [0.25, 0.3) is 0 Å². The Balaban J connectivity index is 1.19. The maximum Gasteiger partial charge on any atom is 0.138 e. The summed E-state index contributed by atoms with van der Waals surface area (Å²) < 4.78 is 12.6. The van der Waals surface area contributed by atoms with Crippen LogP contribution in [0, 0.1) is 23.3 Å². The fourth-order valence-corrected chi connectivity index (χ4v) is 5.15. The lowest BCUT2D eigenvalue weighted by Crippen LogP contribution is -2.67. The summed E-state index contributed by atoms with van der Waals surface area (Å²) in [4.78, 5) is 13.6. The van der Waals surface area contributed by atoms with Crippen molar-refractivity contribution in [2.45, 2.75) is 38.0 Å². The van der Waals surface area contributed by atoms with Crippen molar-refractivity contribution in [3.63, 3.8) is 0 Å². The number of hydrogen-bond acceptors (Lipinski definition) is 9. The second-order valence-corrected chi connectivity index (χ2v) is 10.7. The third-order valence-electron chi connectivity index (χ3n) is 7.16. The zero-order valence-corrected chi connectivity index (χ0v) is 22.6. The summed E-state index contributed by atoms with van der Waals surface area (Å²) in [6.07, 6.45) is 7.88. The van der Waals surface area contributed by atoms with E-state index >= 15 is 0 Å². The van der Waals surface area contributed by atoms with Crippen LogP contribution < -0.4 is 14.4 Å². The first-order valence-electron chi connectivity index (χ1n) is 13.1. The van der Waals surface area contributed by atoms with E-state index in [1.165, 1.54) is 0 Å². The number of anilines is 1. The van der Waals surface area contributed by atoms with Gasteiger partial charge in [-0.2, -0.15) is 10.4 Å². The van der Waals surface area contributed by atoms with Crippen molar-refractivity contribution in [3.8, 4) is 40.7 Å². The fourth-order valence-electron chi connectivity index (χ4n) is 5.15. The van der Waals surface area contributed by atoms with E-state index in [2.05, 4.69) is 37.9 Å². The van der Waals surface area contributed by atoms with E-state index in [0.29, 0.717) is 34.7 Å². The average molecular weight is 536 g/mol. The van der Waals surface area contributed by atoms with E-state index in [9.17, 15) is 10.4 Å². The van der Waals surface area contributed by atoms with E-state index in [-0.39, 0.29) is 6.61 Å². The lowest BCUT2D eigenvalue weighted by atomic mass is 9.88. The number of aliphatic hydroxyl groups is 1. The summed E-state index contributed by atoms with van der Waals surface area (Å²) in [5.74, 6) is 5.34. The Kier molecular flexibility index (Phi) is 6.41. The van der Waals surface area contributed by atoms with Gasteiger partial charge in [0.1, 0.15) is 35.7 Å². The van der Waals surface area contributed by atoms with Gasteiger partial charge in [0.2, 0.25) is 0 Å². The molecule has 7 heterocycles. The smallest absolute Gasteiger partial charge is 0.138 e. The second kappa shape index (κ2) is 10.1. The van der Waals surface area contributed by atoms with Gasteiger partial charge in [-0.3, -0.25) is 0 Å². The molecule has 4 aromatic heterocycles. The zero-order valence-electron chi connectivity index (χ0n) is 22.6. The van der Waals surface area contributed by atoms with Crippen molar-refractivity contribution in [1.82, 2.24) is 24.5 Å². The minimum atomic E-state index is -0.983. The Morgan fingerprint density at radius 3 is 2.55 bits per heavy atom. The van der Waals surface area contributed by atoms with E-state index < -0.39 is 5.60 Å². The summed E-state index contributed by atoms with van der Waals surface area (Å²) in [7, 11) is 1.62.